The van der Waals surface area contributed by atoms with Gasteiger partial charge >= 0.3 is 46.3 Å². The van der Waals surface area contributed by atoms with Crippen LogP contribution in [0.4, 0.5) is 0 Å². The van der Waals surface area contributed by atoms with E-state index in [9.17, 15) is 0 Å². The second kappa shape index (κ2) is 2.80. The molecule has 0 amide bonds. The average molecular weight is 199 g/mol. The molecule has 28 valence electrons. The molecule has 0 bridgehead atoms. The van der Waals surface area contributed by atoms with Crippen LogP contribution in [0.25, 0.3) is 0 Å². The SMILES string of the molecule is NC(=[Se])C=[Se]. The van der Waals surface area contributed by atoms with Crippen molar-refractivity contribution in [2.75, 3.05) is 0 Å². The Hall–Kier alpha value is 0.579. The van der Waals surface area contributed by atoms with Gasteiger partial charge in [0.05, 0.1) is 0 Å². The van der Waals surface area contributed by atoms with Crippen LogP contribution in [0.5, 0.6) is 0 Å². The standard InChI is InChI=1S/C2H3NSe2/c3-2(5)1-4/h1H,(H2,3,5). The molecule has 0 unspecified atom stereocenters. The zero-order valence-corrected chi connectivity index (χ0v) is 5.90. The molecule has 0 saturated carbocycles. The summed E-state index contributed by atoms with van der Waals surface area (Å²) in [4.78, 5) is 1.68. The first kappa shape index (κ1) is 5.58. The molecule has 0 aromatic carbocycles. The molecule has 0 saturated heterocycles. The van der Waals surface area contributed by atoms with Gasteiger partial charge in [0.1, 0.15) is 0 Å². The fraction of sp³-hybridized carbons (Fsp3) is 0. The molecule has 0 heterocycles. The van der Waals surface area contributed by atoms with Gasteiger partial charge < -0.3 is 0 Å². The van der Waals surface area contributed by atoms with Gasteiger partial charge in [-0.2, -0.15) is 0 Å². The Morgan fingerprint density at radius 1 is 1.80 bits per heavy atom. The maximum absolute atomic E-state index is 5.07. The summed E-state index contributed by atoms with van der Waals surface area (Å²) in [6.07, 6.45) is 0. The zero-order chi connectivity index (χ0) is 4.28. The van der Waals surface area contributed by atoms with Crippen molar-refractivity contribution in [3.8, 4) is 0 Å². The molecule has 0 aromatic heterocycles. The summed E-state index contributed by atoms with van der Waals surface area (Å²) in [6, 6.07) is 0. The number of nitrogens with two attached hydrogens (primary N) is 1. The first-order chi connectivity index (χ1) is 2.27. The van der Waals surface area contributed by atoms with Crippen molar-refractivity contribution >= 4 is 40.6 Å². The van der Waals surface area contributed by atoms with E-state index >= 15 is 0 Å². The van der Waals surface area contributed by atoms with Gasteiger partial charge in [-0.1, -0.05) is 0 Å². The van der Waals surface area contributed by atoms with Gasteiger partial charge in [-0.3, -0.25) is 0 Å². The van der Waals surface area contributed by atoms with Crippen molar-refractivity contribution < 1.29 is 0 Å². The third-order valence-corrected chi connectivity index (χ3v) is 1.65. The molecule has 0 atom stereocenters. The van der Waals surface area contributed by atoms with Crippen molar-refractivity contribution in [1.82, 2.24) is 0 Å². The van der Waals surface area contributed by atoms with Crippen LogP contribution in [0.1, 0.15) is 0 Å². The van der Waals surface area contributed by atoms with E-state index in [1.54, 1.807) is 4.92 Å². The Labute approximate surface area is 46.6 Å². The van der Waals surface area contributed by atoms with Crippen molar-refractivity contribution in [3.05, 3.63) is 0 Å². The summed E-state index contributed by atoms with van der Waals surface area (Å²) in [5, 5.41) is 0. The summed E-state index contributed by atoms with van der Waals surface area (Å²) < 4.78 is 0.699. The van der Waals surface area contributed by atoms with Crippen LogP contribution in [0.15, 0.2) is 0 Å². The van der Waals surface area contributed by atoms with Gasteiger partial charge in [-0.05, 0) is 0 Å². The third kappa shape index (κ3) is 4.58. The summed E-state index contributed by atoms with van der Waals surface area (Å²) in [6.45, 7) is 0. The topological polar surface area (TPSA) is 26.0 Å². The summed E-state index contributed by atoms with van der Waals surface area (Å²) in [5.41, 5.74) is 5.07. The normalized spacial score (nSPS) is 6.40. The molecule has 0 rings (SSSR count). The van der Waals surface area contributed by atoms with Crippen molar-refractivity contribution in [1.29, 1.82) is 0 Å². The van der Waals surface area contributed by atoms with E-state index in [1.165, 1.54) is 0 Å². The van der Waals surface area contributed by atoms with E-state index in [0.29, 0.717) is 4.54 Å². The fourth-order valence-corrected chi connectivity index (χ4v) is 0. The van der Waals surface area contributed by atoms with Crippen LogP contribution in [-0.2, 0) is 0 Å². The quantitative estimate of drug-likeness (QED) is 0.496. The molecule has 2 N–H and O–H groups in total. The average Bonchev–Trinajstić information content (AvgIpc) is 1.38. The molecule has 0 aliphatic rings. The third-order valence-electron chi connectivity index (χ3n) is 0.116. The number of rotatable bonds is 1. The Morgan fingerprint density at radius 2 is 2.00 bits per heavy atom. The van der Waals surface area contributed by atoms with Gasteiger partial charge in [0.25, 0.3) is 0 Å². The molecule has 0 fully saturated rings. The summed E-state index contributed by atoms with van der Waals surface area (Å²) in [5.74, 6) is 0. The maximum atomic E-state index is 5.07. The number of hydrogen-bond donors (Lipinski definition) is 1. The summed E-state index contributed by atoms with van der Waals surface area (Å²) >= 11 is 5.22. The molecule has 0 spiro atoms. The van der Waals surface area contributed by atoms with E-state index < -0.39 is 0 Å². The molecule has 0 radical (unpaired) electrons. The van der Waals surface area contributed by atoms with Crippen molar-refractivity contribution in [3.63, 3.8) is 0 Å². The molecule has 3 heteroatoms. The predicted molar refractivity (Wildman–Crippen MR) is 26.8 cm³/mol. The van der Waals surface area contributed by atoms with E-state index in [2.05, 4.69) is 31.2 Å². The van der Waals surface area contributed by atoms with Gasteiger partial charge in [0.15, 0.2) is 0 Å². The summed E-state index contributed by atoms with van der Waals surface area (Å²) in [7, 11) is 0. The monoisotopic (exact) mass is 201 g/mol. The minimum absolute atomic E-state index is 0.699. The van der Waals surface area contributed by atoms with E-state index in [4.69, 9.17) is 5.73 Å². The van der Waals surface area contributed by atoms with Gasteiger partial charge in [0, 0.05) is 0 Å². The molecule has 5 heavy (non-hydrogen) atoms. The minimum atomic E-state index is 0.699. The van der Waals surface area contributed by atoms with Gasteiger partial charge in [-0.15, -0.1) is 0 Å². The second-order valence-corrected chi connectivity index (χ2v) is 2.00. The Balaban J connectivity index is 3.20. The molecule has 0 aromatic rings. The van der Waals surface area contributed by atoms with Crippen LogP contribution < -0.4 is 5.73 Å². The van der Waals surface area contributed by atoms with Crippen LogP contribution in [0, 0.1) is 0 Å². The van der Waals surface area contributed by atoms with E-state index in [0.717, 1.165) is 0 Å². The predicted octanol–water partition coefficient (Wildman–Crippen LogP) is -1.79. The Morgan fingerprint density at radius 3 is 2.00 bits per heavy atom. The second-order valence-electron chi connectivity index (χ2n) is 0.520. The fourth-order valence-electron chi connectivity index (χ4n) is 0. The van der Waals surface area contributed by atoms with E-state index in [1.807, 2.05) is 0 Å². The number of hydrogen-bond acceptors (Lipinski definition) is 1. The van der Waals surface area contributed by atoms with Crippen LogP contribution >= 0.6 is 0 Å². The molecule has 0 aliphatic heterocycles. The van der Waals surface area contributed by atoms with Gasteiger partial charge in [-0.25, -0.2) is 0 Å². The van der Waals surface area contributed by atoms with Crippen LogP contribution in [0.3, 0.4) is 0 Å². The van der Waals surface area contributed by atoms with E-state index in [-0.39, 0.29) is 0 Å². The Kier molecular flexibility index (Phi) is 3.12. The van der Waals surface area contributed by atoms with Crippen LogP contribution in [-0.4, -0.2) is 40.6 Å². The molecular weight excluding hydrogens is 196 g/mol. The molecular formula is C2H3NSe2. The van der Waals surface area contributed by atoms with Crippen LogP contribution in [0.2, 0.25) is 0 Å². The van der Waals surface area contributed by atoms with Crippen molar-refractivity contribution in [2.45, 2.75) is 0 Å². The Bertz CT molecular complexity index is 58.7. The van der Waals surface area contributed by atoms with Crippen molar-refractivity contribution in [2.24, 2.45) is 5.73 Å². The molecule has 1 nitrogen and oxygen atoms in total. The van der Waals surface area contributed by atoms with Gasteiger partial charge in [0.2, 0.25) is 0 Å². The molecule has 0 aliphatic carbocycles. The zero-order valence-electron chi connectivity index (χ0n) is 2.47. The first-order valence-corrected chi connectivity index (χ1v) is 2.86. The first-order valence-electron chi connectivity index (χ1n) is 1.02.